The molecule has 1 aromatic heterocycles. The van der Waals surface area contributed by atoms with Crippen molar-refractivity contribution in [3.8, 4) is 17.0 Å². The molecule has 10 heteroatoms. The lowest BCUT2D eigenvalue weighted by Crippen LogP contribution is -2.50. The van der Waals surface area contributed by atoms with Gasteiger partial charge < -0.3 is 19.9 Å². The number of rotatable bonds is 6. The van der Waals surface area contributed by atoms with Crippen molar-refractivity contribution in [1.82, 2.24) is 19.8 Å². The van der Waals surface area contributed by atoms with Gasteiger partial charge in [-0.2, -0.15) is 0 Å². The van der Waals surface area contributed by atoms with Crippen molar-refractivity contribution in [2.24, 2.45) is 0 Å². The lowest BCUT2D eigenvalue weighted by molar-refractivity contribution is 0.0566. The van der Waals surface area contributed by atoms with Crippen molar-refractivity contribution in [3.05, 3.63) is 59.5 Å². The molecule has 0 bridgehead atoms. The van der Waals surface area contributed by atoms with E-state index in [4.69, 9.17) is 4.74 Å². The Morgan fingerprint density at radius 3 is 2.44 bits per heavy atom. The van der Waals surface area contributed by atoms with Crippen LogP contribution in [0.4, 0.5) is 30.5 Å². The molecule has 208 valence electrons. The number of hydrogen-bond donors (Lipinski definition) is 1. The van der Waals surface area contributed by atoms with Crippen LogP contribution in [0, 0.1) is 17.5 Å². The standard InChI is InChI=1S/C29H35F3N6O/c1-17(2)38-16-26(36(3)4)39-28-23(31)12-19(13-25(28)38)27-24(32)15-33-29(35-27)34-20-6-7-21(22(30)14-20)18-8-10-37(5)11-9-18/h6-7,12-15,17-18,26H,8-11,16H2,1-5H3,(H,33,34,35). The number of aromatic nitrogens is 2. The minimum atomic E-state index is -0.692. The van der Waals surface area contributed by atoms with E-state index in [1.165, 1.54) is 12.1 Å². The van der Waals surface area contributed by atoms with E-state index in [-0.39, 0.29) is 47.0 Å². The van der Waals surface area contributed by atoms with E-state index >= 15 is 8.78 Å². The van der Waals surface area contributed by atoms with Crippen LogP contribution >= 0.6 is 0 Å². The molecule has 1 atom stereocenters. The van der Waals surface area contributed by atoms with E-state index in [2.05, 4.69) is 27.2 Å². The molecule has 1 fully saturated rings. The molecule has 1 saturated heterocycles. The summed E-state index contributed by atoms with van der Waals surface area (Å²) in [5.41, 5.74) is 1.89. The molecular formula is C29H35F3N6O. The van der Waals surface area contributed by atoms with Gasteiger partial charge in [-0.05, 0) is 96.7 Å². The number of anilines is 3. The number of nitrogens with one attached hydrogen (secondary N) is 1. The Morgan fingerprint density at radius 2 is 1.77 bits per heavy atom. The van der Waals surface area contributed by atoms with Gasteiger partial charge in [0.15, 0.2) is 23.6 Å². The number of ether oxygens (including phenoxy) is 1. The third-order valence-electron chi connectivity index (χ3n) is 7.57. The van der Waals surface area contributed by atoms with Gasteiger partial charge in [0.25, 0.3) is 0 Å². The quantitative estimate of drug-likeness (QED) is 0.436. The molecule has 0 saturated carbocycles. The molecule has 2 aliphatic rings. The topological polar surface area (TPSA) is 56.8 Å². The summed E-state index contributed by atoms with van der Waals surface area (Å²) in [6, 6.07) is 7.96. The summed E-state index contributed by atoms with van der Waals surface area (Å²) in [6.45, 7) is 6.43. The second-order valence-electron chi connectivity index (χ2n) is 10.9. The Kier molecular flexibility index (Phi) is 7.68. The minimum Gasteiger partial charge on any atom is -0.468 e. The van der Waals surface area contributed by atoms with Crippen molar-refractivity contribution in [2.75, 3.05) is 51.0 Å². The molecule has 0 aliphatic carbocycles. The average molecular weight is 541 g/mol. The highest BCUT2D eigenvalue weighted by molar-refractivity contribution is 5.73. The Bertz CT molecular complexity index is 1340. The van der Waals surface area contributed by atoms with Crippen molar-refractivity contribution in [3.63, 3.8) is 0 Å². The molecule has 1 N–H and O–H groups in total. The van der Waals surface area contributed by atoms with Crippen molar-refractivity contribution in [2.45, 2.75) is 44.9 Å². The lowest BCUT2D eigenvalue weighted by Gasteiger charge is -2.41. The maximum atomic E-state index is 15.3. The van der Waals surface area contributed by atoms with E-state index in [9.17, 15) is 4.39 Å². The predicted molar refractivity (Wildman–Crippen MR) is 147 cm³/mol. The first-order valence-corrected chi connectivity index (χ1v) is 13.3. The number of likely N-dealkylation sites (N-methyl/N-ethyl adjacent to an activating group) is 1. The largest absolute Gasteiger partial charge is 0.468 e. The maximum Gasteiger partial charge on any atom is 0.227 e. The summed E-state index contributed by atoms with van der Waals surface area (Å²) in [5, 5.41) is 2.97. The second-order valence-corrected chi connectivity index (χ2v) is 10.9. The first-order chi connectivity index (χ1) is 18.6. The Morgan fingerprint density at radius 1 is 1.03 bits per heavy atom. The molecule has 7 nitrogen and oxygen atoms in total. The molecule has 0 spiro atoms. The van der Waals surface area contributed by atoms with Crippen LogP contribution in [0.15, 0.2) is 36.5 Å². The third kappa shape index (κ3) is 5.67. The summed E-state index contributed by atoms with van der Waals surface area (Å²) >= 11 is 0. The van der Waals surface area contributed by atoms with Crippen LogP contribution in [0.1, 0.15) is 38.2 Å². The van der Waals surface area contributed by atoms with E-state index in [1.54, 1.807) is 18.2 Å². The van der Waals surface area contributed by atoms with E-state index in [0.717, 1.165) is 32.1 Å². The van der Waals surface area contributed by atoms with E-state index in [0.29, 0.717) is 23.5 Å². The molecule has 1 unspecified atom stereocenters. The molecule has 3 aromatic rings. The van der Waals surface area contributed by atoms with Gasteiger partial charge in [0.1, 0.15) is 11.5 Å². The van der Waals surface area contributed by atoms with Crippen molar-refractivity contribution >= 4 is 17.3 Å². The van der Waals surface area contributed by atoms with Crippen LogP contribution in [0.25, 0.3) is 11.3 Å². The maximum absolute atomic E-state index is 15.3. The van der Waals surface area contributed by atoms with Gasteiger partial charge in [-0.1, -0.05) is 6.07 Å². The molecule has 2 aliphatic heterocycles. The molecule has 39 heavy (non-hydrogen) atoms. The zero-order chi connectivity index (χ0) is 27.8. The molecule has 5 rings (SSSR count). The first kappa shape index (κ1) is 27.2. The number of hydrogen-bond acceptors (Lipinski definition) is 7. The molecule has 2 aromatic carbocycles. The summed E-state index contributed by atoms with van der Waals surface area (Å²) in [4.78, 5) is 14.5. The highest BCUT2D eigenvalue weighted by Crippen LogP contribution is 2.41. The van der Waals surface area contributed by atoms with Gasteiger partial charge in [-0.25, -0.2) is 23.1 Å². The summed E-state index contributed by atoms with van der Waals surface area (Å²) in [7, 11) is 5.82. The van der Waals surface area contributed by atoms with E-state index < -0.39 is 11.6 Å². The summed E-state index contributed by atoms with van der Waals surface area (Å²) < 4.78 is 51.2. The van der Waals surface area contributed by atoms with Gasteiger partial charge in [0, 0.05) is 17.3 Å². The zero-order valence-electron chi connectivity index (χ0n) is 23.0. The van der Waals surface area contributed by atoms with Crippen LogP contribution in [0.2, 0.25) is 0 Å². The lowest BCUT2D eigenvalue weighted by atomic mass is 9.89. The Labute approximate surface area is 227 Å². The van der Waals surface area contributed by atoms with Gasteiger partial charge >= 0.3 is 0 Å². The fourth-order valence-corrected chi connectivity index (χ4v) is 5.26. The highest BCUT2D eigenvalue weighted by atomic mass is 19.1. The van der Waals surface area contributed by atoms with Crippen molar-refractivity contribution < 1.29 is 17.9 Å². The van der Waals surface area contributed by atoms with Gasteiger partial charge in [-0.15, -0.1) is 0 Å². The molecule has 0 amide bonds. The molecular weight excluding hydrogens is 505 g/mol. The summed E-state index contributed by atoms with van der Waals surface area (Å²) in [6.07, 6.45) is 2.54. The number of nitrogens with zero attached hydrogens (tertiary/aromatic N) is 5. The number of likely N-dealkylation sites (tertiary alicyclic amines) is 1. The number of halogens is 3. The fourth-order valence-electron chi connectivity index (χ4n) is 5.26. The number of piperidine rings is 1. The van der Waals surface area contributed by atoms with Crippen LogP contribution < -0.4 is 15.0 Å². The first-order valence-electron chi connectivity index (χ1n) is 13.3. The van der Waals surface area contributed by atoms with E-state index in [1.807, 2.05) is 37.7 Å². The van der Waals surface area contributed by atoms with Crippen LogP contribution in [0.3, 0.4) is 0 Å². The minimum absolute atomic E-state index is 0.0592. The Balaban J connectivity index is 1.42. The van der Waals surface area contributed by atoms with Crippen molar-refractivity contribution in [1.29, 1.82) is 0 Å². The number of fused-ring (bicyclic) bond motifs is 1. The normalized spacial score (nSPS) is 18.4. The zero-order valence-corrected chi connectivity index (χ0v) is 23.0. The van der Waals surface area contributed by atoms with Crippen LogP contribution in [-0.2, 0) is 0 Å². The molecule has 3 heterocycles. The average Bonchev–Trinajstić information content (AvgIpc) is 2.90. The van der Waals surface area contributed by atoms with Gasteiger partial charge in [-0.3, -0.25) is 4.90 Å². The van der Waals surface area contributed by atoms with Crippen LogP contribution in [-0.4, -0.2) is 72.8 Å². The SMILES string of the molecule is CC(C)N1CC(N(C)C)Oc2c(F)cc(-c3nc(Nc4ccc(C5CCN(C)CC5)c(F)c4)ncc3F)cc21. The predicted octanol–water partition coefficient (Wildman–Crippen LogP) is 5.61. The number of benzene rings is 2. The van der Waals surface area contributed by atoms with Crippen LogP contribution in [0.5, 0.6) is 5.75 Å². The summed E-state index contributed by atoms with van der Waals surface area (Å²) in [5.74, 6) is -1.18. The molecule has 0 radical (unpaired) electrons. The smallest absolute Gasteiger partial charge is 0.227 e. The third-order valence-corrected chi connectivity index (χ3v) is 7.57. The second kappa shape index (κ2) is 11.0. The Hall–Kier alpha value is -3.37. The highest BCUT2D eigenvalue weighted by Gasteiger charge is 2.32. The fraction of sp³-hybridized carbons (Fsp3) is 0.448. The van der Waals surface area contributed by atoms with Gasteiger partial charge in [0.05, 0.1) is 18.4 Å². The van der Waals surface area contributed by atoms with Gasteiger partial charge in [0.2, 0.25) is 5.95 Å². The monoisotopic (exact) mass is 540 g/mol.